The van der Waals surface area contributed by atoms with Crippen LogP contribution in [-0.4, -0.2) is 0 Å². The summed E-state index contributed by atoms with van der Waals surface area (Å²) in [7, 11) is 0. The maximum atomic E-state index is 14.8. The molecule has 2 aromatic carbocycles. The third kappa shape index (κ3) is 6.88. The van der Waals surface area contributed by atoms with Crippen molar-refractivity contribution in [3.8, 4) is 0 Å². The maximum absolute atomic E-state index is 14.8. The topological polar surface area (TPSA) is 9.23 Å². The van der Waals surface area contributed by atoms with Gasteiger partial charge in [-0.2, -0.15) is 8.78 Å². The SMILES string of the molecule is CCCCCC1CCC(c2ccc(C(F)(F)OC(C)c3ccc(CCC)cc3)cc2)CC1. The van der Waals surface area contributed by atoms with Gasteiger partial charge in [-0.05, 0) is 67.6 Å². The van der Waals surface area contributed by atoms with E-state index in [0.717, 1.165) is 24.3 Å². The third-order valence-corrected chi connectivity index (χ3v) is 7.09. The van der Waals surface area contributed by atoms with Gasteiger partial charge < -0.3 is 4.74 Å². The standard InChI is InChI=1S/C29H40F2O/c1-4-6-7-9-24-12-16-26(17-13-24)27-18-20-28(21-19-27)29(30,31)32-22(3)25-14-10-23(8-5-2)11-15-25/h10-11,14-15,18-22,24,26H,4-9,12-13,16-17H2,1-3H3. The first-order valence-electron chi connectivity index (χ1n) is 12.7. The molecule has 1 fully saturated rings. The summed E-state index contributed by atoms with van der Waals surface area (Å²) in [5.74, 6) is 1.36. The molecule has 0 aliphatic heterocycles. The zero-order valence-corrected chi connectivity index (χ0v) is 20.1. The van der Waals surface area contributed by atoms with Gasteiger partial charge in [0.25, 0.3) is 0 Å². The predicted molar refractivity (Wildman–Crippen MR) is 129 cm³/mol. The molecule has 0 aromatic heterocycles. The van der Waals surface area contributed by atoms with Gasteiger partial charge in [0, 0.05) is 0 Å². The van der Waals surface area contributed by atoms with Crippen molar-refractivity contribution in [1.82, 2.24) is 0 Å². The monoisotopic (exact) mass is 442 g/mol. The summed E-state index contributed by atoms with van der Waals surface area (Å²) in [5.41, 5.74) is 3.12. The minimum absolute atomic E-state index is 0.0658. The highest BCUT2D eigenvalue weighted by atomic mass is 19.3. The Morgan fingerprint density at radius 3 is 2.12 bits per heavy atom. The van der Waals surface area contributed by atoms with Crippen molar-refractivity contribution in [3.63, 3.8) is 0 Å². The zero-order valence-electron chi connectivity index (χ0n) is 20.1. The molecule has 1 aliphatic carbocycles. The van der Waals surface area contributed by atoms with E-state index >= 15 is 0 Å². The molecule has 3 heteroatoms. The van der Waals surface area contributed by atoms with Crippen LogP contribution in [0.4, 0.5) is 8.78 Å². The van der Waals surface area contributed by atoms with Crippen molar-refractivity contribution in [2.24, 2.45) is 5.92 Å². The van der Waals surface area contributed by atoms with Crippen molar-refractivity contribution in [2.75, 3.05) is 0 Å². The molecule has 1 saturated carbocycles. The van der Waals surface area contributed by atoms with Crippen LogP contribution in [0.5, 0.6) is 0 Å². The maximum Gasteiger partial charge on any atom is 0.383 e. The summed E-state index contributed by atoms with van der Waals surface area (Å²) < 4.78 is 34.9. The van der Waals surface area contributed by atoms with Gasteiger partial charge in [0.15, 0.2) is 0 Å². The molecule has 3 rings (SSSR count). The molecule has 0 amide bonds. The minimum Gasteiger partial charge on any atom is -0.309 e. The van der Waals surface area contributed by atoms with E-state index in [1.54, 1.807) is 19.1 Å². The molecule has 2 aromatic rings. The Morgan fingerprint density at radius 1 is 0.875 bits per heavy atom. The van der Waals surface area contributed by atoms with Gasteiger partial charge in [-0.1, -0.05) is 94.5 Å². The summed E-state index contributed by atoms with van der Waals surface area (Å²) in [6.45, 7) is 6.07. The van der Waals surface area contributed by atoms with Crippen LogP contribution in [0.2, 0.25) is 0 Å². The van der Waals surface area contributed by atoms with Crippen LogP contribution in [0.3, 0.4) is 0 Å². The van der Waals surface area contributed by atoms with E-state index < -0.39 is 12.2 Å². The van der Waals surface area contributed by atoms with Crippen LogP contribution in [-0.2, 0) is 17.3 Å². The highest BCUT2D eigenvalue weighted by Crippen LogP contribution is 2.40. The van der Waals surface area contributed by atoms with Crippen molar-refractivity contribution in [3.05, 3.63) is 70.8 Å². The third-order valence-electron chi connectivity index (χ3n) is 7.09. The fraction of sp³-hybridized carbons (Fsp3) is 0.586. The Hall–Kier alpha value is -1.74. The molecule has 176 valence electrons. The molecule has 0 bridgehead atoms. The van der Waals surface area contributed by atoms with Crippen molar-refractivity contribution >= 4 is 0 Å². The lowest BCUT2D eigenvalue weighted by atomic mass is 9.77. The van der Waals surface area contributed by atoms with Crippen LogP contribution in [0.15, 0.2) is 48.5 Å². The number of aryl methyl sites for hydroxylation is 1. The van der Waals surface area contributed by atoms with E-state index in [0.29, 0.717) is 5.92 Å². The quantitative estimate of drug-likeness (QED) is 0.315. The molecular weight excluding hydrogens is 402 g/mol. The van der Waals surface area contributed by atoms with Gasteiger partial charge in [0.2, 0.25) is 0 Å². The molecular formula is C29H40F2O. The van der Waals surface area contributed by atoms with Gasteiger partial charge >= 0.3 is 6.11 Å². The smallest absolute Gasteiger partial charge is 0.309 e. The van der Waals surface area contributed by atoms with E-state index in [1.165, 1.54) is 62.5 Å². The molecule has 0 spiro atoms. The van der Waals surface area contributed by atoms with Crippen LogP contribution in [0.1, 0.15) is 113 Å². The lowest BCUT2D eigenvalue weighted by Gasteiger charge is -2.29. The fourth-order valence-corrected chi connectivity index (χ4v) is 5.02. The molecule has 1 atom stereocenters. The normalized spacial score (nSPS) is 20.3. The molecule has 1 unspecified atom stereocenters. The first-order valence-corrected chi connectivity index (χ1v) is 12.7. The Bertz CT molecular complexity index is 789. The van der Waals surface area contributed by atoms with Gasteiger partial charge in [-0.3, -0.25) is 0 Å². The predicted octanol–water partition coefficient (Wildman–Crippen LogP) is 9.32. The summed E-state index contributed by atoms with van der Waals surface area (Å²) in [4.78, 5) is 0. The van der Waals surface area contributed by atoms with Crippen molar-refractivity contribution < 1.29 is 13.5 Å². The van der Waals surface area contributed by atoms with Crippen molar-refractivity contribution in [1.29, 1.82) is 0 Å². The Labute approximate surface area is 193 Å². The summed E-state index contributed by atoms with van der Waals surface area (Å²) in [6, 6.07) is 14.7. The van der Waals surface area contributed by atoms with E-state index in [9.17, 15) is 8.78 Å². The van der Waals surface area contributed by atoms with Gasteiger partial charge in [0.05, 0.1) is 11.7 Å². The van der Waals surface area contributed by atoms with Crippen LogP contribution in [0.25, 0.3) is 0 Å². The second kappa shape index (κ2) is 11.9. The van der Waals surface area contributed by atoms with E-state index in [-0.39, 0.29) is 5.56 Å². The van der Waals surface area contributed by atoms with Crippen LogP contribution < -0.4 is 0 Å². The number of alkyl halides is 2. The second-order valence-corrected chi connectivity index (χ2v) is 9.60. The Kier molecular flexibility index (Phi) is 9.28. The number of rotatable bonds is 11. The Morgan fingerprint density at radius 2 is 1.53 bits per heavy atom. The van der Waals surface area contributed by atoms with E-state index in [4.69, 9.17) is 4.74 Å². The summed E-state index contributed by atoms with van der Waals surface area (Å²) in [6.07, 6.45) is 8.27. The highest BCUT2D eigenvalue weighted by molar-refractivity contribution is 5.28. The molecule has 0 saturated heterocycles. The lowest BCUT2D eigenvalue weighted by Crippen LogP contribution is -2.20. The van der Waals surface area contributed by atoms with Gasteiger partial charge in [-0.15, -0.1) is 0 Å². The minimum atomic E-state index is -3.31. The number of hydrogen-bond donors (Lipinski definition) is 0. The van der Waals surface area contributed by atoms with Crippen LogP contribution >= 0.6 is 0 Å². The average molecular weight is 443 g/mol. The molecule has 0 heterocycles. The number of hydrogen-bond acceptors (Lipinski definition) is 1. The molecule has 0 N–H and O–H groups in total. The zero-order chi connectivity index (χ0) is 23.0. The molecule has 0 radical (unpaired) electrons. The number of unbranched alkanes of at least 4 members (excludes halogenated alkanes) is 2. The molecule has 1 aliphatic rings. The lowest BCUT2D eigenvalue weighted by molar-refractivity contribution is -0.272. The molecule has 1 nitrogen and oxygen atoms in total. The first-order chi connectivity index (χ1) is 15.4. The van der Waals surface area contributed by atoms with Gasteiger partial charge in [0.1, 0.15) is 0 Å². The number of ether oxygens (including phenoxy) is 1. The van der Waals surface area contributed by atoms with E-state index in [1.807, 2.05) is 36.4 Å². The van der Waals surface area contributed by atoms with E-state index in [2.05, 4.69) is 13.8 Å². The van der Waals surface area contributed by atoms with Crippen LogP contribution in [0, 0.1) is 5.92 Å². The summed E-state index contributed by atoms with van der Waals surface area (Å²) in [5, 5.41) is 0. The largest absolute Gasteiger partial charge is 0.383 e. The fourth-order valence-electron chi connectivity index (χ4n) is 5.02. The van der Waals surface area contributed by atoms with Crippen molar-refractivity contribution in [2.45, 2.75) is 103 Å². The molecule has 32 heavy (non-hydrogen) atoms. The second-order valence-electron chi connectivity index (χ2n) is 9.60. The summed E-state index contributed by atoms with van der Waals surface area (Å²) >= 11 is 0. The average Bonchev–Trinajstić information content (AvgIpc) is 2.80. The van der Waals surface area contributed by atoms with Gasteiger partial charge in [-0.25, -0.2) is 0 Å². The number of halogens is 2. The number of benzene rings is 2. The Balaban J connectivity index is 1.55. The highest BCUT2D eigenvalue weighted by Gasteiger charge is 2.35. The first kappa shape index (κ1) is 24.9.